The fourth-order valence-electron chi connectivity index (χ4n) is 3.39. The van der Waals surface area contributed by atoms with Crippen molar-refractivity contribution in [2.45, 2.75) is 63.8 Å². The summed E-state index contributed by atoms with van der Waals surface area (Å²) in [5.74, 6) is 1.06. The Bertz CT molecular complexity index is 252. The lowest BCUT2D eigenvalue weighted by Gasteiger charge is -2.33. The zero-order chi connectivity index (χ0) is 13.6. The van der Waals surface area contributed by atoms with Gasteiger partial charge in [-0.25, -0.2) is 0 Å². The van der Waals surface area contributed by atoms with Gasteiger partial charge in [0.25, 0.3) is 0 Å². The zero-order valence-electron chi connectivity index (χ0n) is 12.8. The molecule has 1 atom stereocenters. The Morgan fingerprint density at radius 3 is 2.79 bits per heavy atom. The first kappa shape index (κ1) is 15.3. The first-order valence-electron chi connectivity index (χ1n) is 8.45. The van der Waals surface area contributed by atoms with Crippen LogP contribution in [0, 0.1) is 5.92 Å². The molecule has 0 bridgehead atoms. The van der Waals surface area contributed by atoms with Crippen molar-refractivity contribution in [3.63, 3.8) is 0 Å². The van der Waals surface area contributed by atoms with Crippen LogP contribution in [0.1, 0.15) is 58.3 Å². The van der Waals surface area contributed by atoms with Crippen molar-refractivity contribution in [1.29, 1.82) is 0 Å². The summed E-state index contributed by atoms with van der Waals surface area (Å²) in [6.07, 6.45) is 10.8. The predicted octanol–water partition coefficient (Wildman–Crippen LogP) is 2.36. The molecule has 2 fully saturated rings. The average molecular weight is 267 g/mol. The van der Waals surface area contributed by atoms with Crippen LogP contribution in [0.15, 0.2) is 0 Å². The molecule has 3 N–H and O–H groups in total. The number of likely N-dealkylation sites (tertiary alicyclic amines) is 1. The Balaban J connectivity index is 1.72. The fourth-order valence-corrected chi connectivity index (χ4v) is 3.39. The molecule has 1 saturated heterocycles. The lowest BCUT2D eigenvalue weighted by Crippen LogP contribution is -2.52. The number of nitrogens with one attached hydrogen (secondary N) is 1. The predicted molar refractivity (Wildman–Crippen MR) is 82.3 cm³/mol. The lowest BCUT2D eigenvalue weighted by atomic mass is 9.90. The molecule has 1 unspecified atom stereocenters. The van der Waals surface area contributed by atoms with E-state index in [4.69, 9.17) is 5.73 Å². The maximum absolute atomic E-state index is 6.10. The van der Waals surface area contributed by atoms with Gasteiger partial charge in [0.1, 0.15) is 0 Å². The van der Waals surface area contributed by atoms with Gasteiger partial charge in [0, 0.05) is 12.1 Å². The maximum Gasteiger partial charge on any atom is 0.0316 e. The Kier molecular flexibility index (Phi) is 6.11. The molecular weight excluding hydrogens is 234 g/mol. The van der Waals surface area contributed by atoms with Crippen LogP contribution >= 0.6 is 0 Å². The highest BCUT2D eigenvalue weighted by atomic mass is 15.1. The SMILES string of the molecule is CCCN1CCCC(CN)(NCCCC2CC2)CC1. The molecule has 0 spiro atoms. The Morgan fingerprint density at radius 2 is 2.11 bits per heavy atom. The third-order valence-electron chi connectivity index (χ3n) is 4.95. The van der Waals surface area contributed by atoms with E-state index in [-0.39, 0.29) is 5.54 Å². The maximum atomic E-state index is 6.10. The second-order valence-electron chi connectivity index (χ2n) is 6.69. The van der Waals surface area contributed by atoms with Crippen molar-refractivity contribution in [3.05, 3.63) is 0 Å². The van der Waals surface area contributed by atoms with Crippen molar-refractivity contribution < 1.29 is 0 Å². The number of nitrogens with zero attached hydrogens (tertiary/aromatic N) is 1. The molecule has 19 heavy (non-hydrogen) atoms. The molecule has 0 radical (unpaired) electrons. The van der Waals surface area contributed by atoms with Crippen molar-refractivity contribution in [3.8, 4) is 0 Å². The summed E-state index contributed by atoms with van der Waals surface area (Å²) in [4.78, 5) is 2.61. The molecule has 2 aliphatic rings. The molecule has 0 aromatic carbocycles. The largest absolute Gasteiger partial charge is 0.329 e. The number of hydrogen-bond donors (Lipinski definition) is 2. The molecule has 112 valence electrons. The van der Waals surface area contributed by atoms with E-state index in [1.165, 1.54) is 77.5 Å². The van der Waals surface area contributed by atoms with Crippen molar-refractivity contribution in [2.75, 3.05) is 32.7 Å². The summed E-state index contributed by atoms with van der Waals surface area (Å²) >= 11 is 0. The monoisotopic (exact) mass is 267 g/mol. The van der Waals surface area contributed by atoms with E-state index in [0.29, 0.717) is 0 Å². The summed E-state index contributed by atoms with van der Waals surface area (Å²) in [7, 11) is 0. The van der Waals surface area contributed by atoms with Gasteiger partial charge in [-0.05, 0) is 70.6 Å². The number of nitrogens with two attached hydrogens (primary N) is 1. The minimum absolute atomic E-state index is 0.228. The molecule has 3 nitrogen and oxygen atoms in total. The molecule has 1 aliphatic carbocycles. The summed E-state index contributed by atoms with van der Waals surface area (Å²) in [5.41, 5.74) is 6.33. The molecule has 0 aromatic rings. The summed E-state index contributed by atoms with van der Waals surface area (Å²) in [6.45, 7) is 7.98. The van der Waals surface area contributed by atoms with Gasteiger partial charge in [0.05, 0.1) is 0 Å². The summed E-state index contributed by atoms with van der Waals surface area (Å²) in [5, 5.41) is 3.82. The number of rotatable bonds is 8. The molecule has 3 heteroatoms. The number of hydrogen-bond acceptors (Lipinski definition) is 3. The molecule has 1 heterocycles. The van der Waals surface area contributed by atoms with Crippen LogP contribution < -0.4 is 11.1 Å². The van der Waals surface area contributed by atoms with Crippen LogP contribution in [0.3, 0.4) is 0 Å². The van der Waals surface area contributed by atoms with Crippen LogP contribution in [-0.4, -0.2) is 43.2 Å². The molecular formula is C16H33N3. The standard InChI is InChI=1S/C16H33N3/c1-2-11-19-12-4-8-16(14-17,9-13-19)18-10-3-5-15-6-7-15/h15,18H,2-14,17H2,1H3. The van der Waals surface area contributed by atoms with E-state index in [1.54, 1.807) is 0 Å². The highest BCUT2D eigenvalue weighted by Crippen LogP contribution is 2.33. The molecule has 0 amide bonds. The van der Waals surface area contributed by atoms with E-state index < -0.39 is 0 Å². The van der Waals surface area contributed by atoms with Crippen molar-refractivity contribution in [1.82, 2.24) is 10.2 Å². The van der Waals surface area contributed by atoms with E-state index in [2.05, 4.69) is 17.1 Å². The van der Waals surface area contributed by atoms with Gasteiger partial charge in [-0.3, -0.25) is 0 Å². The van der Waals surface area contributed by atoms with Crippen LogP contribution in [0.5, 0.6) is 0 Å². The van der Waals surface area contributed by atoms with Crippen molar-refractivity contribution in [2.24, 2.45) is 11.7 Å². The quantitative estimate of drug-likeness (QED) is 0.663. The first-order valence-corrected chi connectivity index (χ1v) is 8.45. The summed E-state index contributed by atoms with van der Waals surface area (Å²) in [6, 6.07) is 0. The molecule has 0 aromatic heterocycles. The Labute approximate surface area is 119 Å². The van der Waals surface area contributed by atoms with Gasteiger partial charge >= 0.3 is 0 Å². The highest BCUT2D eigenvalue weighted by Gasteiger charge is 2.30. The average Bonchev–Trinajstić information content (AvgIpc) is 3.24. The van der Waals surface area contributed by atoms with E-state index in [1.807, 2.05) is 0 Å². The van der Waals surface area contributed by atoms with Crippen LogP contribution in [-0.2, 0) is 0 Å². The van der Waals surface area contributed by atoms with Crippen LogP contribution in [0.2, 0.25) is 0 Å². The van der Waals surface area contributed by atoms with Gasteiger partial charge in [-0.1, -0.05) is 19.8 Å². The normalized spacial score (nSPS) is 29.4. The zero-order valence-corrected chi connectivity index (χ0v) is 12.8. The Morgan fingerprint density at radius 1 is 1.26 bits per heavy atom. The van der Waals surface area contributed by atoms with Gasteiger partial charge in [0.2, 0.25) is 0 Å². The minimum Gasteiger partial charge on any atom is -0.329 e. The van der Waals surface area contributed by atoms with Gasteiger partial charge in [0.15, 0.2) is 0 Å². The molecule has 1 aliphatic heterocycles. The Hall–Kier alpha value is -0.120. The second kappa shape index (κ2) is 7.61. The summed E-state index contributed by atoms with van der Waals surface area (Å²) < 4.78 is 0. The van der Waals surface area contributed by atoms with E-state index >= 15 is 0 Å². The van der Waals surface area contributed by atoms with Crippen LogP contribution in [0.4, 0.5) is 0 Å². The third kappa shape index (κ3) is 5.05. The van der Waals surface area contributed by atoms with E-state index in [0.717, 1.165) is 12.5 Å². The smallest absolute Gasteiger partial charge is 0.0316 e. The second-order valence-corrected chi connectivity index (χ2v) is 6.69. The highest BCUT2D eigenvalue weighted by molar-refractivity contribution is 4.92. The molecule has 1 saturated carbocycles. The van der Waals surface area contributed by atoms with Gasteiger partial charge in [-0.2, -0.15) is 0 Å². The lowest BCUT2D eigenvalue weighted by molar-refractivity contribution is 0.258. The van der Waals surface area contributed by atoms with Gasteiger partial charge < -0.3 is 16.0 Å². The van der Waals surface area contributed by atoms with Crippen LogP contribution in [0.25, 0.3) is 0 Å². The topological polar surface area (TPSA) is 41.3 Å². The van der Waals surface area contributed by atoms with Gasteiger partial charge in [-0.15, -0.1) is 0 Å². The minimum atomic E-state index is 0.228. The van der Waals surface area contributed by atoms with E-state index in [9.17, 15) is 0 Å². The molecule has 2 rings (SSSR count). The van der Waals surface area contributed by atoms with Crippen molar-refractivity contribution >= 4 is 0 Å². The first-order chi connectivity index (χ1) is 9.28. The third-order valence-corrected chi connectivity index (χ3v) is 4.95. The fraction of sp³-hybridized carbons (Fsp3) is 1.00.